The molecule has 286 valence electrons. The molecular weight excluding hydrogens is 762 g/mol. The summed E-state index contributed by atoms with van der Waals surface area (Å²) in [4.78, 5) is 82.4. The monoisotopic (exact) mass is 797 g/mol. The molecule has 4 rings (SSSR count). The molecule has 0 saturated carbocycles. The summed E-state index contributed by atoms with van der Waals surface area (Å²) in [5.41, 5.74) is -5.59. The Balaban J connectivity index is 1.82. The van der Waals surface area contributed by atoms with Gasteiger partial charge in [-0.05, 0) is 43.2 Å². The number of halogens is 1. The maximum atomic E-state index is 14.5. The van der Waals surface area contributed by atoms with Gasteiger partial charge in [-0.2, -0.15) is 4.72 Å². The number of aliphatic hydroxyl groups excluding tert-OH is 1. The number of imidazole rings is 1. The molecule has 1 saturated heterocycles. The van der Waals surface area contributed by atoms with Gasteiger partial charge in [-0.15, -0.1) is 11.3 Å². The van der Waals surface area contributed by atoms with E-state index in [9.17, 15) is 52.5 Å². The van der Waals surface area contributed by atoms with Gasteiger partial charge in [0.2, 0.25) is 15.6 Å². The van der Waals surface area contributed by atoms with E-state index in [4.69, 9.17) is 16.3 Å². The number of benzene rings is 1. The number of amides is 2. The number of carboxylic acids is 1. The molecule has 1 fully saturated rings. The number of nitrogens with one attached hydrogen (secondary N) is 2. The van der Waals surface area contributed by atoms with Crippen LogP contribution in [0.3, 0.4) is 0 Å². The van der Waals surface area contributed by atoms with Gasteiger partial charge in [0.05, 0.1) is 40.1 Å². The molecule has 0 bridgehead atoms. The van der Waals surface area contributed by atoms with Crippen molar-refractivity contribution in [3.05, 3.63) is 63.3 Å². The minimum atomic E-state index is -4.94. The van der Waals surface area contributed by atoms with Crippen LogP contribution in [0.4, 0.5) is 5.69 Å². The molecule has 2 amide bonds. The average Bonchev–Trinajstić information content (AvgIpc) is 3.82. The zero-order chi connectivity index (χ0) is 39.3. The van der Waals surface area contributed by atoms with Crippen molar-refractivity contribution in [1.82, 2.24) is 19.6 Å². The number of rotatable bonds is 16. The van der Waals surface area contributed by atoms with Gasteiger partial charge in [0.25, 0.3) is 11.8 Å². The van der Waals surface area contributed by atoms with E-state index < -0.39 is 93.1 Å². The van der Waals surface area contributed by atoms with Crippen molar-refractivity contribution in [2.75, 3.05) is 24.6 Å². The van der Waals surface area contributed by atoms with E-state index in [1.807, 2.05) is 0 Å². The van der Waals surface area contributed by atoms with E-state index >= 15 is 0 Å². The summed E-state index contributed by atoms with van der Waals surface area (Å²) >= 11 is 6.85. The number of aromatic nitrogens is 2. The van der Waals surface area contributed by atoms with Crippen LogP contribution in [0.25, 0.3) is 0 Å². The third-order valence-electron chi connectivity index (χ3n) is 8.17. The molecule has 2 aromatic heterocycles. The Labute approximate surface area is 311 Å². The van der Waals surface area contributed by atoms with Gasteiger partial charge in [-0.1, -0.05) is 24.6 Å². The summed E-state index contributed by atoms with van der Waals surface area (Å²) in [5.74, 6) is -8.48. The molecule has 1 unspecified atom stereocenters. The van der Waals surface area contributed by atoms with E-state index in [1.165, 1.54) is 66.2 Å². The van der Waals surface area contributed by atoms with Gasteiger partial charge in [0, 0.05) is 38.1 Å². The number of hydrogen-bond donors (Lipinski definition) is 5. The molecule has 5 N–H and O–H groups in total. The fourth-order valence-electron chi connectivity index (χ4n) is 5.61. The lowest BCUT2D eigenvalue weighted by atomic mass is 9.95. The molecule has 3 heterocycles. The third-order valence-corrected chi connectivity index (χ3v) is 11.0. The summed E-state index contributed by atoms with van der Waals surface area (Å²) in [6.45, 7) is 1.99. The molecule has 3 aromatic rings. The third kappa shape index (κ3) is 8.91. The van der Waals surface area contributed by atoms with Gasteiger partial charge < -0.3 is 39.6 Å². The highest BCUT2D eigenvalue weighted by atomic mass is 35.5. The first kappa shape index (κ1) is 41.0. The summed E-state index contributed by atoms with van der Waals surface area (Å²) < 4.78 is 42.3. The van der Waals surface area contributed by atoms with E-state index in [0.29, 0.717) is 0 Å². The maximum Gasteiger partial charge on any atom is 0.344 e. The van der Waals surface area contributed by atoms with Crippen molar-refractivity contribution < 1.29 is 62.0 Å². The second-order valence-electron chi connectivity index (χ2n) is 11.8. The SMILES string of the molecule is CCOC(=O)CC(O)(CC(=O)OC(=O)[C@](CNC(=O)c1ccc(Cl)s1)(NS(=O)(=O)c1cccc(N2CC[C@H](O)C2=O)c1CC)c1nccn1C)C(=O)O. The van der Waals surface area contributed by atoms with Crippen LogP contribution >= 0.6 is 22.9 Å². The molecule has 0 radical (unpaired) electrons. The van der Waals surface area contributed by atoms with Gasteiger partial charge in [-0.3, -0.25) is 19.2 Å². The number of hydrogen-bond acceptors (Lipinski definition) is 14. The summed E-state index contributed by atoms with van der Waals surface area (Å²) in [6, 6.07) is 6.80. The van der Waals surface area contributed by atoms with Crippen molar-refractivity contribution in [1.29, 1.82) is 0 Å². The highest BCUT2D eigenvalue weighted by Gasteiger charge is 2.51. The van der Waals surface area contributed by atoms with Crippen LogP contribution in [-0.4, -0.2) is 100 Å². The van der Waals surface area contributed by atoms with Crippen molar-refractivity contribution >= 4 is 74.3 Å². The smallest absolute Gasteiger partial charge is 0.344 e. The number of nitrogens with zero attached hydrogens (tertiary/aromatic N) is 3. The lowest BCUT2D eigenvalue weighted by Gasteiger charge is -2.32. The quantitative estimate of drug-likeness (QED) is 0.0984. The van der Waals surface area contributed by atoms with Crippen molar-refractivity contribution in [2.45, 2.75) is 61.7 Å². The molecule has 21 heteroatoms. The number of aliphatic carboxylic acids is 1. The fourth-order valence-corrected chi connectivity index (χ4v) is 8.22. The molecule has 1 aromatic carbocycles. The second kappa shape index (κ2) is 16.5. The first-order valence-corrected chi connectivity index (χ1v) is 18.6. The topological polar surface area (TPSA) is 261 Å². The Bertz CT molecular complexity index is 2030. The van der Waals surface area contributed by atoms with Crippen LogP contribution in [0.1, 0.15) is 54.2 Å². The van der Waals surface area contributed by atoms with Crippen LogP contribution < -0.4 is 14.9 Å². The number of anilines is 1. The first-order valence-electron chi connectivity index (χ1n) is 15.9. The van der Waals surface area contributed by atoms with Crippen LogP contribution in [0, 0.1) is 0 Å². The lowest BCUT2D eigenvalue weighted by molar-refractivity contribution is -0.177. The minimum absolute atomic E-state index is 0.0364. The standard InChI is InChI=1S/C32H36ClN5O13S2/c1-4-18-19(38-13-11-20(39)27(38)43)7-6-8-22(18)53(48,49)36-32(28-34-12-14-37(28)3,17-35-26(42)21-9-10-23(33)52-21)30(46)51-25(41)16-31(47,29(44)45)15-24(40)50-5-2/h6-10,12,14,20,36,39,47H,4-5,11,13,15-17H2,1-3H3,(H,35,42)(H,44,45)/t20-,31?,32+/m0/s1. The molecule has 1 aliphatic heterocycles. The summed E-state index contributed by atoms with van der Waals surface area (Å²) in [7, 11) is -3.57. The second-order valence-corrected chi connectivity index (χ2v) is 15.2. The Morgan fingerprint density at radius 1 is 1.11 bits per heavy atom. The van der Waals surface area contributed by atoms with Gasteiger partial charge in [0.1, 0.15) is 11.9 Å². The summed E-state index contributed by atoms with van der Waals surface area (Å²) in [5, 5.41) is 32.8. The Hall–Kier alpha value is -4.73. The molecule has 3 atom stereocenters. The molecular formula is C32H36ClN5O13S2. The van der Waals surface area contributed by atoms with Crippen molar-refractivity contribution in [2.24, 2.45) is 7.05 Å². The molecule has 0 spiro atoms. The van der Waals surface area contributed by atoms with Gasteiger partial charge in [0.15, 0.2) is 5.60 Å². The normalized spacial score (nSPS) is 16.8. The number of aliphatic hydroxyl groups is 2. The molecule has 1 aliphatic rings. The predicted molar refractivity (Wildman–Crippen MR) is 185 cm³/mol. The Kier molecular flexibility index (Phi) is 12.8. The predicted octanol–water partition coefficient (Wildman–Crippen LogP) is 0.628. The van der Waals surface area contributed by atoms with Crippen LogP contribution in [0.5, 0.6) is 0 Å². The van der Waals surface area contributed by atoms with E-state index in [1.54, 1.807) is 6.92 Å². The summed E-state index contributed by atoms with van der Waals surface area (Å²) in [6.07, 6.45) is -1.32. The first-order chi connectivity index (χ1) is 24.9. The van der Waals surface area contributed by atoms with Crippen LogP contribution in [0.15, 0.2) is 47.6 Å². The Morgan fingerprint density at radius 3 is 2.36 bits per heavy atom. The van der Waals surface area contributed by atoms with Crippen molar-refractivity contribution in [3.8, 4) is 0 Å². The van der Waals surface area contributed by atoms with E-state index in [0.717, 1.165) is 11.3 Å². The zero-order valence-electron chi connectivity index (χ0n) is 28.5. The number of sulfonamides is 1. The number of ether oxygens (including phenoxy) is 2. The number of esters is 3. The number of carboxylic acid groups (broad SMARTS) is 1. The molecule has 53 heavy (non-hydrogen) atoms. The lowest BCUT2D eigenvalue weighted by Crippen LogP contribution is -2.60. The van der Waals surface area contributed by atoms with Crippen LogP contribution in [0.2, 0.25) is 4.34 Å². The molecule has 0 aliphatic carbocycles. The minimum Gasteiger partial charge on any atom is -0.479 e. The largest absolute Gasteiger partial charge is 0.479 e. The van der Waals surface area contributed by atoms with Gasteiger partial charge in [-0.25, -0.2) is 23.0 Å². The maximum absolute atomic E-state index is 14.5. The average molecular weight is 798 g/mol. The highest BCUT2D eigenvalue weighted by Crippen LogP contribution is 2.33. The number of carbonyl (C=O) groups excluding carboxylic acids is 5. The number of thiophene rings is 1. The molecule has 18 nitrogen and oxygen atoms in total. The van der Waals surface area contributed by atoms with Crippen LogP contribution in [-0.2, 0) is 62.5 Å². The fraction of sp³-hybridized carbons (Fsp3) is 0.406. The number of carbonyl (C=O) groups is 6. The Morgan fingerprint density at radius 2 is 1.81 bits per heavy atom. The number of aryl methyl sites for hydroxylation is 1. The van der Waals surface area contributed by atoms with Gasteiger partial charge >= 0.3 is 23.9 Å². The highest BCUT2D eigenvalue weighted by molar-refractivity contribution is 7.89. The van der Waals surface area contributed by atoms with E-state index in [-0.39, 0.29) is 46.5 Å². The van der Waals surface area contributed by atoms with Crippen molar-refractivity contribution in [3.63, 3.8) is 0 Å². The van der Waals surface area contributed by atoms with E-state index in [2.05, 4.69) is 19.8 Å². The zero-order valence-corrected chi connectivity index (χ0v) is 30.9.